The van der Waals surface area contributed by atoms with Crippen LogP contribution in [0, 0.1) is 0 Å². The Bertz CT molecular complexity index is 684. The standard InChI is InChI=1S/C19H18O4/c1-3-19(21)23-13-16-6-10-18(11-7-16)17-8-4-15(5-9-17)12-22-14(2)20/h3-11H,1,12-13H2,2H3. The topological polar surface area (TPSA) is 52.6 Å². The first-order valence-corrected chi connectivity index (χ1v) is 7.19. The van der Waals surface area contributed by atoms with E-state index in [1.807, 2.05) is 48.5 Å². The molecule has 0 aliphatic heterocycles. The summed E-state index contributed by atoms with van der Waals surface area (Å²) in [6.07, 6.45) is 1.14. The molecule has 23 heavy (non-hydrogen) atoms. The van der Waals surface area contributed by atoms with Gasteiger partial charge in [0.2, 0.25) is 0 Å². The van der Waals surface area contributed by atoms with Gasteiger partial charge in [0.05, 0.1) is 0 Å². The second-order valence-corrected chi connectivity index (χ2v) is 4.99. The van der Waals surface area contributed by atoms with Crippen LogP contribution in [0.25, 0.3) is 11.1 Å². The van der Waals surface area contributed by atoms with E-state index in [-0.39, 0.29) is 19.2 Å². The monoisotopic (exact) mass is 310 g/mol. The van der Waals surface area contributed by atoms with Crippen LogP contribution >= 0.6 is 0 Å². The van der Waals surface area contributed by atoms with Gasteiger partial charge in [-0.25, -0.2) is 4.79 Å². The van der Waals surface area contributed by atoms with Crippen molar-refractivity contribution in [3.63, 3.8) is 0 Å². The highest BCUT2D eigenvalue weighted by atomic mass is 16.5. The zero-order valence-corrected chi connectivity index (χ0v) is 13.0. The van der Waals surface area contributed by atoms with Crippen LogP contribution in [0.4, 0.5) is 0 Å². The molecular formula is C19H18O4. The number of hydrogen-bond acceptors (Lipinski definition) is 4. The Labute approximate surface area is 135 Å². The number of esters is 2. The third-order valence-electron chi connectivity index (χ3n) is 3.23. The van der Waals surface area contributed by atoms with E-state index in [4.69, 9.17) is 9.47 Å². The molecule has 4 heteroatoms. The molecule has 0 fully saturated rings. The van der Waals surface area contributed by atoms with Crippen molar-refractivity contribution in [2.75, 3.05) is 0 Å². The smallest absolute Gasteiger partial charge is 0.330 e. The van der Waals surface area contributed by atoms with Crippen molar-refractivity contribution in [3.8, 4) is 11.1 Å². The lowest BCUT2D eigenvalue weighted by atomic mass is 10.0. The van der Waals surface area contributed by atoms with Crippen molar-refractivity contribution in [1.29, 1.82) is 0 Å². The van der Waals surface area contributed by atoms with E-state index in [2.05, 4.69) is 6.58 Å². The average Bonchev–Trinajstić information content (AvgIpc) is 2.58. The summed E-state index contributed by atoms with van der Waals surface area (Å²) in [5.41, 5.74) is 3.97. The highest BCUT2D eigenvalue weighted by Crippen LogP contribution is 2.21. The van der Waals surface area contributed by atoms with E-state index in [1.165, 1.54) is 6.92 Å². The summed E-state index contributed by atoms with van der Waals surface area (Å²) < 4.78 is 9.94. The second-order valence-electron chi connectivity index (χ2n) is 4.99. The number of hydrogen-bond donors (Lipinski definition) is 0. The van der Waals surface area contributed by atoms with Crippen LogP contribution in [0.1, 0.15) is 18.1 Å². The summed E-state index contributed by atoms with van der Waals surface area (Å²) in [5.74, 6) is -0.723. The Morgan fingerprint density at radius 3 is 1.70 bits per heavy atom. The molecule has 0 aliphatic carbocycles. The molecule has 0 saturated carbocycles. The molecule has 4 nitrogen and oxygen atoms in total. The van der Waals surface area contributed by atoms with Crippen molar-refractivity contribution < 1.29 is 19.1 Å². The maximum atomic E-state index is 11.0. The molecule has 0 aliphatic rings. The summed E-state index contributed by atoms with van der Waals surface area (Å²) in [6, 6.07) is 15.6. The van der Waals surface area contributed by atoms with Gasteiger partial charge in [0.25, 0.3) is 0 Å². The zero-order chi connectivity index (χ0) is 16.7. The maximum Gasteiger partial charge on any atom is 0.330 e. The van der Waals surface area contributed by atoms with Crippen molar-refractivity contribution in [2.24, 2.45) is 0 Å². The molecule has 0 N–H and O–H groups in total. The van der Waals surface area contributed by atoms with E-state index >= 15 is 0 Å². The van der Waals surface area contributed by atoms with Crippen LogP contribution in [0.2, 0.25) is 0 Å². The lowest BCUT2D eigenvalue weighted by Gasteiger charge is -2.07. The normalized spacial score (nSPS) is 9.96. The van der Waals surface area contributed by atoms with Crippen molar-refractivity contribution >= 4 is 11.9 Å². The van der Waals surface area contributed by atoms with Crippen molar-refractivity contribution in [3.05, 3.63) is 72.3 Å². The fourth-order valence-corrected chi connectivity index (χ4v) is 1.99. The van der Waals surface area contributed by atoms with Crippen LogP contribution in [0.5, 0.6) is 0 Å². The van der Waals surface area contributed by atoms with Gasteiger partial charge in [0.1, 0.15) is 13.2 Å². The molecule has 0 saturated heterocycles. The molecule has 0 radical (unpaired) electrons. The van der Waals surface area contributed by atoms with Gasteiger partial charge in [-0.2, -0.15) is 0 Å². The van der Waals surface area contributed by atoms with Gasteiger partial charge in [0.15, 0.2) is 0 Å². The molecule has 0 spiro atoms. The molecular weight excluding hydrogens is 292 g/mol. The Balaban J connectivity index is 2.00. The van der Waals surface area contributed by atoms with Gasteiger partial charge < -0.3 is 9.47 Å². The van der Waals surface area contributed by atoms with Gasteiger partial charge in [-0.15, -0.1) is 0 Å². The Hall–Kier alpha value is -2.88. The lowest BCUT2D eigenvalue weighted by Crippen LogP contribution is -2.00. The summed E-state index contributed by atoms with van der Waals surface area (Å²) >= 11 is 0. The van der Waals surface area contributed by atoms with Crippen LogP contribution in [-0.4, -0.2) is 11.9 Å². The van der Waals surface area contributed by atoms with Gasteiger partial charge >= 0.3 is 11.9 Å². The third kappa shape index (κ3) is 5.11. The second kappa shape index (κ2) is 7.94. The van der Waals surface area contributed by atoms with E-state index in [0.717, 1.165) is 28.3 Å². The largest absolute Gasteiger partial charge is 0.461 e. The molecule has 0 unspecified atom stereocenters. The minimum absolute atomic E-state index is 0.229. The van der Waals surface area contributed by atoms with Crippen LogP contribution in [-0.2, 0) is 32.3 Å². The first kappa shape index (κ1) is 16.5. The molecule has 2 aromatic carbocycles. The fraction of sp³-hybridized carbons (Fsp3) is 0.158. The molecule has 0 amide bonds. The Morgan fingerprint density at radius 1 is 0.870 bits per heavy atom. The number of carbonyl (C=O) groups excluding carboxylic acids is 2. The van der Waals surface area contributed by atoms with Crippen LogP contribution in [0.3, 0.4) is 0 Å². The number of rotatable bonds is 6. The molecule has 118 valence electrons. The molecule has 2 rings (SSSR count). The SMILES string of the molecule is C=CC(=O)OCc1ccc(-c2ccc(COC(C)=O)cc2)cc1. The van der Waals surface area contributed by atoms with Gasteiger partial charge in [-0.1, -0.05) is 55.1 Å². The number of carbonyl (C=O) groups is 2. The Kier molecular flexibility index (Phi) is 5.69. The number of ether oxygens (including phenoxy) is 2. The lowest BCUT2D eigenvalue weighted by molar-refractivity contribution is -0.142. The summed E-state index contributed by atoms with van der Waals surface area (Å²) in [4.78, 5) is 21.8. The summed E-state index contributed by atoms with van der Waals surface area (Å²) in [6.45, 7) is 5.26. The van der Waals surface area contributed by atoms with Gasteiger partial charge in [-0.05, 0) is 22.3 Å². The molecule has 2 aromatic rings. The van der Waals surface area contributed by atoms with E-state index < -0.39 is 5.97 Å². The minimum atomic E-state index is -0.433. The van der Waals surface area contributed by atoms with Gasteiger partial charge in [-0.3, -0.25) is 4.79 Å². The highest BCUT2D eigenvalue weighted by Gasteiger charge is 2.02. The van der Waals surface area contributed by atoms with Crippen LogP contribution in [0.15, 0.2) is 61.2 Å². The zero-order valence-electron chi connectivity index (χ0n) is 13.0. The predicted molar refractivity (Wildman–Crippen MR) is 87.3 cm³/mol. The molecule has 0 bridgehead atoms. The quantitative estimate of drug-likeness (QED) is 0.604. The Morgan fingerprint density at radius 2 is 1.30 bits per heavy atom. The van der Waals surface area contributed by atoms with E-state index in [1.54, 1.807) is 0 Å². The van der Waals surface area contributed by atoms with E-state index in [9.17, 15) is 9.59 Å². The van der Waals surface area contributed by atoms with Crippen molar-refractivity contribution in [1.82, 2.24) is 0 Å². The highest BCUT2D eigenvalue weighted by molar-refractivity contribution is 5.81. The summed E-state index contributed by atoms with van der Waals surface area (Å²) in [5, 5.41) is 0. The minimum Gasteiger partial charge on any atom is -0.461 e. The maximum absolute atomic E-state index is 11.0. The first-order chi connectivity index (χ1) is 11.1. The number of benzene rings is 2. The molecule has 0 aromatic heterocycles. The van der Waals surface area contributed by atoms with Gasteiger partial charge in [0, 0.05) is 13.0 Å². The molecule has 0 heterocycles. The first-order valence-electron chi connectivity index (χ1n) is 7.19. The fourth-order valence-electron chi connectivity index (χ4n) is 1.99. The van der Waals surface area contributed by atoms with Crippen molar-refractivity contribution in [2.45, 2.75) is 20.1 Å². The predicted octanol–water partition coefficient (Wildman–Crippen LogP) is 3.65. The van der Waals surface area contributed by atoms with Crippen LogP contribution < -0.4 is 0 Å². The molecule has 0 atom stereocenters. The third-order valence-corrected chi connectivity index (χ3v) is 3.23. The van der Waals surface area contributed by atoms with E-state index in [0.29, 0.717) is 0 Å². The average molecular weight is 310 g/mol. The summed E-state index contributed by atoms with van der Waals surface area (Å²) in [7, 11) is 0.